The molecule has 2 unspecified atom stereocenters. The fourth-order valence-corrected chi connectivity index (χ4v) is 1.73. The van der Waals surface area contributed by atoms with Crippen molar-refractivity contribution in [1.29, 1.82) is 0 Å². The van der Waals surface area contributed by atoms with Crippen molar-refractivity contribution in [3.8, 4) is 0 Å². The highest BCUT2D eigenvalue weighted by Crippen LogP contribution is 2.21. The Labute approximate surface area is 86.2 Å². The molecule has 0 aromatic carbocycles. The minimum absolute atomic E-state index is 0.211. The summed E-state index contributed by atoms with van der Waals surface area (Å²) in [5, 5.41) is 3.03. The molecule has 0 aromatic heterocycles. The summed E-state index contributed by atoms with van der Waals surface area (Å²) >= 11 is 0. The zero-order chi connectivity index (χ0) is 10.6. The topological polar surface area (TPSA) is 32.3 Å². The molecule has 1 aliphatic heterocycles. The fourth-order valence-electron chi connectivity index (χ4n) is 1.73. The molecule has 14 heavy (non-hydrogen) atoms. The van der Waals surface area contributed by atoms with Gasteiger partial charge in [0.15, 0.2) is 0 Å². The van der Waals surface area contributed by atoms with Crippen LogP contribution in [0.1, 0.15) is 13.8 Å². The third-order valence-electron chi connectivity index (χ3n) is 2.91. The average molecular weight is 196 g/mol. The number of nitrogens with one attached hydrogen (secondary N) is 1. The van der Waals surface area contributed by atoms with Gasteiger partial charge in [-0.05, 0) is 11.8 Å². The van der Waals surface area contributed by atoms with Crippen molar-refractivity contribution in [1.82, 2.24) is 10.2 Å². The van der Waals surface area contributed by atoms with E-state index < -0.39 is 0 Å². The lowest BCUT2D eigenvalue weighted by molar-refractivity contribution is -0.129. The predicted molar refractivity (Wildman–Crippen MR) is 58.0 cm³/mol. The first kappa shape index (κ1) is 11.2. The maximum atomic E-state index is 11.6. The minimum Gasteiger partial charge on any atom is -0.341 e. The van der Waals surface area contributed by atoms with Crippen LogP contribution in [0.25, 0.3) is 0 Å². The monoisotopic (exact) mass is 196 g/mol. The summed E-state index contributed by atoms with van der Waals surface area (Å²) in [5.41, 5.74) is 0. The van der Waals surface area contributed by atoms with E-state index in [0.29, 0.717) is 24.9 Å². The van der Waals surface area contributed by atoms with Gasteiger partial charge < -0.3 is 10.2 Å². The van der Waals surface area contributed by atoms with Crippen LogP contribution in [-0.4, -0.2) is 37.0 Å². The van der Waals surface area contributed by atoms with Gasteiger partial charge in [-0.1, -0.05) is 19.9 Å². The molecule has 0 aliphatic carbocycles. The molecule has 1 saturated heterocycles. The van der Waals surface area contributed by atoms with Crippen LogP contribution in [0.15, 0.2) is 12.7 Å². The van der Waals surface area contributed by atoms with Gasteiger partial charge in [-0.2, -0.15) is 0 Å². The summed E-state index contributed by atoms with van der Waals surface area (Å²) < 4.78 is 0. The van der Waals surface area contributed by atoms with Crippen LogP contribution in [0.4, 0.5) is 0 Å². The summed E-state index contributed by atoms with van der Waals surface area (Å²) in [7, 11) is 0. The summed E-state index contributed by atoms with van der Waals surface area (Å²) in [6, 6.07) is 0. The molecule has 0 radical (unpaired) electrons. The Balaban J connectivity index is 2.28. The third-order valence-corrected chi connectivity index (χ3v) is 2.91. The van der Waals surface area contributed by atoms with Crippen molar-refractivity contribution < 1.29 is 4.79 Å². The lowest BCUT2D eigenvalue weighted by atomic mass is 10.0. The van der Waals surface area contributed by atoms with Crippen molar-refractivity contribution in [3.63, 3.8) is 0 Å². The van der Waals surface area contributed by atoms with E-state index in [1.54, 1.807) is 6.08 Å². The van der Waals surface area contributed by atoms with E-state index >= 15 is 0 Å². The van der Waals surface area contributed by atoms with E-state index in [2.05, 4.69) is 25.7 Å². The van der Waals surface area contributed by atoms with E-state index in [0.717, 1.165) is 13.1 Å². The Morgan fingerprint density at radius 2 is 2.07 bits per heavy atom. The zero-order valence-electron chi connectivity index (χ0n) is 9.12. The van der Waals surface area contributed by atoms with Crippen molar-refractivity contribution in [2.24, 2.45) is 11.8 Å². The molecule has 1 heterocycles. The van der Waals surface area contributed by atoms with Gasteiger partial charge >= 0.3 is 0 Å². The lowest BCUT2D eigenvalue weighted by Gasteiger charge is -2.15. The first-order chi connectivity index (χ1) is 6.65. The number of amides is 1. The molecule has 1 fully saturated rings. The third kappa shape index (κ3) is 2.84. The molecule has 0 spiro atoms. The van der Waals surface area contributed by atoms with Gasteiger partial charge in [0.05, 0.1) is 6.54 Å². The van der Waals surface area contributed by atoms with Crippen molar-refractivity contribution in [2.75, 3.05) is 26.2 Å². The second kappa shape index (κ2) is 5.15. The second-order valence-electron chi connectivity index (χ2n) is 4.17. The Kier molecular flexibility index (Phi) is 4.14. The summed E-state index contributed by atoms with van der Waals surface area (Å²) in [6.07, 6.45) is 1.77. The molecule has 0 aromatic rings. The molecule has 3 heteroatoms. The van der Waals surface area contributed by atoms with Crippen LogP contribution in [0.3, 0.4) is 0 Å². The smallest absolute Gasteiger partial charge is 0.236 e. The standard InChI is InChI=1S/C11H20N2O/c1-4-5-12-6-11(14)13-7-9(2)10(3)8-13/h4,9-10,12H,1,5-8H2,2-3H3. The van der Waals surface area contributed by atoms with E-state index in [1.807, 2.05) is 4.90 Å². The molecular weight excluding hydrogens is 176 g/mol. The van der Waals surface area contributed by atoms with Crippen molar-refractivity contribution in [2.45, 2.75) is 13.8 Å². The number of nitrogens with zero attached hydrogens (tertiary/aromatic N) is 1. The van der Waals surface area contributed by atoms with E-state index in [9.17, 15) is 4.79 Å². The van der Waals surface area contributed by atoms with Gasteiger partial charge in [-0.15, -0.1) is 6.58 Å². The van der Waals surface area contributed by atoms with Crippen LogP contribution >= 0.6 is 0 Å². The molecule has 3 nitrogen and oxygen atoms in total. The SMILES string of the molecule is C=CCNCC(=O)N1CC(C)C(C)C1. The lowest BCUT2D eigenvalue weighted by Crippen LogP contribution is -2.36. The summed E-state index contributed by atoms with van der Waals surface area (Å²) in [5.74, 6) is 1.49. The van der Waals surface area contributed by atoms with E-state index in [4.69, 9.17) is 0 Å². The molecule has 2 atom stereocenters. The highest BCUT2D eigenvalue weighted by Gasteiger charge is 2.28. The molecule has 1 N–H and O–H groups in total. The van der Waals surface area contributed by atoms with Gasteiger partial charge in [0.1, 0.15) is 0 Å². The van der Waals surface area contributed by atoms with Crippen LogP contribution in [0.5, 0.6) is 0 Å². The van der Waals surface area contributed by atoms with Crippen LogP contribution in [0.2, 0.25) is 0 Å². The number of carbonyl (C=O) groups excluding carboxylic acids is 1. The van der Waals surface area contributed by atoms with Crippen LogP contribution in [0, 0.1) is 11.8 Å². The van der Waals surface area contributed by atoms with Crippen LogP contribution < -0.4 is 5.32 Å². The maximum absolute atomic E-state index is 11.6. The highest BCUT2D eigenvalue weighted by atomic mass is 16.2. The Morgan fingerprint density at radius 3 is 2.57 bits per heavy atom. The minimum atomic E-state index is 0.211. The largest absolute Gasteiger partial charge is 0.341 e. The molecular formula is C11H20N2O. The Hall–Kier alpha value is -0.830. The predicted octanol–water partition coefficient (Wildman–Crippen LogP) is 0.876. The summed E-state index contributed by atoms with van der Waals surface area (Å²) in [6.45, 7) is 11.0. The quantitative estimate of drug-likeness (QED) is 0.534. The van der Waals surface area contributed by atoms with Gasteiger partial charge in [0.25, 0.3) is 0 Å². The Bertz CT molecular complexity index is 205. The first-order valence-corrected chi connectivity index (χ1v) is 5.24. The summed E-state index contributed by atoms with van der Waals surface area (Å²) in [4.78, 5) is 13.6. The zero-order valence-corrected chi connectivity index (χ0v) is 9.12. The van der Waals surface area contributed by atoms with Crippen LogP contribution in [-0.2, 0) is 4.79 Å². The second-order valence-corrected chi connectivity index (χ2v) is 4.17. The number of carbonyl (C=O) groups is 1. The Morgan fingerprint density at radius 1 is 1.50 bits per heavy atom. The molecule has 0 saturated carbocycles. The molecule has 1 rings (SSSR count). The van der Waals surface area contributed by atoms with Gasteiger partial charge in [0.2, 0.25) is 5.91 Å². The molecule has 0 bridgehead atoms. The average Bonchev–Trinajstić information content (AvgIpc) is 2.47. The van der Waals surface area contributed by atoms with Gasteiger partial charge in [0, 0.05) is 19.6 Å². The van der Waals surface area contributed by atoms with Gasteiger partial charge in [-0.25, -0.2) is 0 Å². The number of hydrogen-bond donors (Lipinski definition) is 1. The molecule has 80 valence electrons. The molecule has 1 amide bonds. The van der Waals surface area contributed by atoms with E-state index in [1.165, 1.54) is 0 Å². The highest BCUT2D eigenvalue weighted by molar-refractivity contribution is 5.78. The fraction of sp³-hybridized carbons (Fsp3) is 0.727. The first-order valence-electron chi connectivity index (χ1n) is 5.24. The van der Waals surface area contributed by atoms with Gasteiger partial charge in [-0.3, -0.25) is 4.79 Å². The number of likely N-dealkylation sites (tertiary alicyclic amines) is 1. The van der Waals surface area contributed by atoms with Crippen molar-refractivity contribution in [3.05, 3.63) is 12.7 Å². The maximum Gasteiger partial charge on any atom is 0.236 e. The number of hydrogen-bond acceptors (Lipinski definition) is 2. The normalized spacial score (nSPS) is 26.6. The number of rotatable bonds is 4. The van der Waals surface area contributed by atoms with E-state index in [-0.39, 0.29) is 5.91 Å². The molecule has 1 aliphatic rings. The van der Waals surface area contributed by atoms with Crippen molar-refractivity contribution >= 4 is 5.91 Å².